The summed E-state index contributed by atoms with van der Waals surface area (Å²) in [6.45, 7) is 1.81. The van der Waals surface area contributed by atoms with Crippen molar-refractivity contribution in [3.8, 4) is 28.6 Å². The predicted octanol–water partition coefficient (Wildman–Crippen LogP) is 5.34. The van der Waals surface area contributed by atoms with E-state index in [0.717, 1.165) is 51.9 Å². The molecule has 5 aromatic rings. The van der Waals surface area contributed by atoms with Gasteiger partial charge in [-0.25, -0.2) is 9.97 Å². The molecule has 0 atom stereocenters. The highest BCUT2D eigenvalue weighted by molar-refractivity contribution is 6.10. The van der Waals surface area contributed by atoms with Crippen molar-refractivity contribution in [2.24, 2.45) is 7.05 Å². The number of carbonyl (C=O) groups is 1. The highest BCUT2D eigenvalue weighted by Crippen LogP contribution is 2.43. The second-order valence-electron chi connectivity index (χ2n) is 10.6. The van der Waals surface area contributed by atoms with Crippen molar-refractivity contribution in [2.45, 2.75) is 38.4 Å². The van der Waals surface area contributed by atoms with Gasteiger partial charge in [0.05, 0.1) is 30.7 Å². The van der Waals surface area contributed by atoms with Gasteiger partial charge < -0.3 is 9.73 Å². The van der Waals surface area contributed by atoms with Gasteiger partial charge in [-0.05, 0) is 71.5 Å². The first-order valence-electron chi connectivity index (χ1n) is 13.6. The second-order valence-corrected chi connectivity index (χ2v) is 10.6. The summed E-state index contributed by atoms with van der Waals surface area (Å²) in [5.41, 5.74) is 7.95. The van der Waals surface area contributed by atoms with Gasteiger partial charge in [0.15, 0.2) is 5.82 Å². The molecule has 1 N–H and O–H groups in total. The van der Waals surface area contributed by atoms with E-state index >= 15 is 0 Å². The number of pyridine rings is 1. The van der Waals surface area contributed by atoms with Gasteiger partial charge in [-0.3, -0.25) is 14.4 Å². The molecule has 0 saturated heterocycles. The van der Waals surface area contributed by atoms with Gasteiger partial charge in [0.1, 0.15) is 12.1 Å². The Morgan fingerprint density at radius 1 is 1.02 bits per heavy atom. The van der Waals surface area contributed by atoms with Crippen LogP contribution in [0.4, 0.5) is 5.82 Å². The third-order valence-electron chi connectivity index (χ3n) is 7.62. The number of aromatic nitrogens is 4. The van der Waals surface area contributed by atoms with Gasteiger partial charge in [0.2, 0.25) is 0 Å². The Balaban J connectivity index is 1.21. The monoisotopic (exact) mass is 541 g/mol. The first-order valence-corrected chi connectivity index (χ1v) is 13.6. The van der Waals surface area contributed by atoms with Crippen molar-refractivity contribution >= 4 is 11.7 Å². The smallest absolute Gasteiger partial charge is 0.260 e. The quantitative estimate of drug-likeness (QED) is 0.282. The van der Waals surface area contributed by atoms with Gasteiger partial charge in [0.25, 0.3) is 5.91 Å². The number of hydrogen-bond donors (Lipinski definition) is 1. The van der Waals surface area contributed by atoms with Crippen molar-refractivity contribution in [3.63, 3.8) is 0 Å². The summed E-state index contributed by atoms with van der Waals surface area (Å²) in [5.74, 6) is 1.52. The van der Waals surface area contributed by atoms with E-state index in [-0.39, 0.29) is 5.91 Å². The van der Waals surface area contributed by atoms with E-state index in [9.17, 15) is 10.1 Å². The fraction of sp³-hybridized carbons (Fsp3) is 0.219. The van der Waals surface area contributed by atoms with E-state index < -0.39 is 0 Å². The highest BCUT2D eigenvalue weighted by atomic mass is 16.3. The number of benzene rings is 2. The van der Waals surface area contributed by atoms with Crippen molar-refractivity contribution in [2.75, 3.05) is 4.90 Å². The number of anilines is 1. The predicted molar refractivity (Wildman–Crippen MR) is 153 cm³/mol. The van der Waals surface area contributed by atoms with Gasteiger partial charge in [-0.2, -0.15) is 10.4 Å². The summed E-state index contributed by atoms with van der Waals surface area (Å²) in [4.78, 5) is 24.9. The molecule has 0 bridgehead atoms. The molecule has 1 amide bonds. The number of aryl methyl sites for hydroxylation is 1. The number of furan rings is 1. The normalized spacial score (nSPS) is 14.3. The van der Waals surface area contributed by atoms with E-state index in [1.54, 1.807) is 34.5 Å². The molecule has 202 valence electrons. The molecule has 0 unspecified atom stereocenters. The molecule has 0 spiro atoms. The van der Waals surface area contributed by atoms with Gasteiger partial charge >= 0.3 is 0 Å². The van der Waals surface area contributed by atoms with Crippen LogP contribution in [0.1, 0.15) is 57.1 Å². The molecule has 4 heterocycles. The van der Waals surface area contributed by atoms with Gasteiger partial charge in [-0.1, -0.05) is 18.2 Å². The third-order valence-corrected chi connectivity index (χ3v) is 7.62. The number of hydrogen-bond acceptors (Lipinski definition) is 7. The number of nitrogens with zero attached hydrogens (tertiary/aromatic N) is 6. The molecular weight excluding hydrogens is 514 g/mol. The average molecular weight is 542 g/mol. The van der Waals surface area contributed by atoms with Crippen LogP contribution in [0.2, 0.25) is 0 Å². The van der Waals surface area contributed by atoms with Crippen LogP contribution in [-0.2, 0) is 26.7 Å². The van der Waals surface area contributed by atoms with Crippen LogP contribution >= 0.6 is 0 Å². The van der Waals surface area contributed by atoms with Gasteiger partial charge in [0, 0.05) is 48.4 Å². The van der Waals surface area contributed by atoms with Crippen molar-refractivity contribution in [3.05, 3.63) is 107 Å². The van der Waals surface area contributed by atoms with Crippen LogP contribution in [0.3, 0.4) is 0 Å². The Labute approximate surface area is 237 Å². The van der Waals surface area contributed by atoms with Crippen LogP contribution in [0.5, 0.6) is 0 Å². The van der Waals surface area contributed by atoms with E-state index in [2.05, 4.69) is 33.6 Å². The summed E-state index contributed by atoms with van der Waals surface area (Å²) in [7, 11) is 1.82. The fourth-order valence-electron chi connectivity index (χ4n) is 5.32. The Kier molecular flexibility index (Phi) is 6.18. The highest BCUT2D eigenvalue weighted by Gasteiger charge is 2.32. The largest absolute Gasteiger partial charge is 0.472 e. The molecule has 9 heteroatoms. The lowest BCUT2D eigenvalue weighted by Gasteiger charge is -2.18. The molecule has 7 rings (SSSR count). The lowest BCUT2D eigenvalue weighted by atomic mass is 9.96. The molecule has 2 aromatic carbocycles. The summed E-state index contributed by atoms with van der Waals surface area (Å²) >= 11 is 0. The Hall–Kier alpha value is -5.07. The number of nitriles is 1. The van der Waals surface area contributed by atoms with Crippen molar-refractivity contribution < 1.29 is 9.21 Å². The minimum absolute atomic E-state index is 0.0467. The minimum atomic E-state index is -0.0467. The lowest BCUT2D eigenvalue weighted by Crippen LogP contribution is -2.24. The number of amides is 1. The topological polar surface area (TPSA) is 113 Å². The fourth-order valence-corrected chi connectivity index (χ4v) is 5.32. The molecular formula is C32H27N7O2. The third kappa shape index (κ3) is 4.90. The second kappa shape index (κ2) is 10.2. The van der Waals surface area contributed by atoms with Crippen molar-refractivity contribution in [1.29, 1.82) is 5.26 Å². The molecule has 1 fully saturated rings. The molecule has 2 aliphatic rings. The Bertz CT molecular complexity index is 1810. The summed E-state index contributed by atoms with van der Waals surface area (Å²) < 4.78 is 6.78. The molecule has 9 nitrogen and oxygen atoms in total. The zero-order chi connectivity index (χ0) is 27.9. The van der Waals surface area contributed by atoms with E-state index in [1.165, 1.54) is 0 Å². The zero-order valence-corrected chi connectivity index (χ0v) is 22.5. The van der Waals surface area contributed by atoms with Crippen LogP contribution in [0, 0.1) is 11.3 Å². The van der Waals surface area contributed by atoms with E-state index in [0.29, 0.717) is 48.3 Å². The number of nitrogens with one attached hydrogen (secondary N) is 1. The summed E-state index contributed by atoms with van der Waals surface area (Å²) in [6, 6.07) is 19.9. The first kappa shape index (κ1) is 24.9. The van der Waals surface area contributed by atoms with E-state index in [4.69, 9.17) is 9.40 Å². The van der Waals surface area contributed by atoms with Crippen LogP contribution < -0.4 is 10.2 Å². The standard InChI is InChI=1S/C32H27N7O2/c1-38-19-35-31(37-38)28-10-20(14-33)3-7-26(28)25-12-29(23-5-6-23)36-30(13-25)39-17-24-4-2-21(11-27(24)32(39)40)15-34-16-22-8-9-41-18-22/h2-4,7-13,18-19,23,34H,5-6,15-17H2,1H3. The molecule has 41 heavy (non-hydrogen) atoms. The summed E-state index contributed by atoms with van der Waals surface area (Å²) in [6.07, 6.45) is 7.20. The summed E-state index contributed by atoms with van der Waals surface area (Å²) in [5, 5.41) is 17.5. The number of rotatable bonds is 8. The van der Waals surface area contributed by atoms with Crippen LogP contribution in [0.25, 0.3) is 22.5 Å². The van der Waals surface area contributed by atoms with E-state index in [1.807, 2.05) is 43.4 Å². The van der Waals surface area contributed by atoms with Crippen LogP contribution in [-0.4, -0.2) is 25.7 Å². The maximum absolute atomic E-state index is 13.7. The SMILES string of the molecule is Cn1cnc(-c2cc(C#N)ccc2-c2cc(C3CC3)nc(N3Cc4ccc(CNCc5ccoc5)cc4C3=O)c2)n1. The molecule has 1 saturated carbocycles. The molecule has 0 radical (unpaired) electrons. The maximum Gasteiger partial charge on any atom is 0.260 e. The molecule has 1 aliphatic heterocycles. The Morgan fingerprint density at radius 2 is 1.90 bits per heavy atom. The van der Waals surface area contributed by atoms with Crippen molar-refractivity contribution in [1.82, 2.24) is 25.1 Å². The first-order chi connectivity index (χ1) is 20.1. The lowest BCUT2D eigenvalue weighted by molar-refractivity contribution is 0.0996. The maximum atomic E-state index is 13.7. The Morgan fingerprint density at radius 3 is 2.66 bits per heavy atom. The zero-order valence-electron chi connectivity index (χ0n) is 22.5. The minimum Gasteiger partial charge on any atom is -0.472 e. The molecule has 1 aliphatic carbocycles. The van der Waals surface area contributed by atoms with Crippen LogP contribution in [0.15, 0.2) is 77.9 Å². The average Bonchev–Trinajstić information content (AvgIpc) is 3.38. The molecule has 3 aromatic heterocycles. The van der Waals surface area contributed by atoms with Gasteiger partial charge in [-0.15, -0.1) is 0 Å². The number of carbonyl (C=O) groups excluding carboxylic acids is 1. The number of fused-ring (bicyclic) bond motifs is 1.